The summed E-state index contributed by atoms with van der Waals surface area (Å²) in [6, 6.07) is 16.2. The fraction of sp³-hybridized carbons (Fsp3) is 0.100. The van der Waals surface area contributed by atoms with Crippen molar-refractivity contribution in [2.24, 2.45) is 0 Å². The molecule has 136 valence electrons. The van der Waals surface area contributed by atoms with Crippen LogP contribution in [-0.2, 0) is 12.8 Å². The van der Waals surface area contributed by atoms with E-state index in [9.17, 15) is 9.59 Å². The second kappa shape index (κ2) is 10.4. The van der Waals surface area contributed by atoms with Gasteiger partial charge in [0.25, 0.3) is 0 Å². The van der Waals surface area contributed by atoms with Crippen molar-refractivity contribution in [2.75, 3.05) is 0 Å². The topological polar surface area (TPSA) is 170 Å². The Balaban J connectivity index is 0.000000280. The summed E-state index contributed by atoms with van der Waals surface area (Å²) < 4.78 is 0. The van der Waals surface area contributed by atoms with Crippen LogP contribution in [0.15, 0.2) is 36.4 Å². The first kappa shape index (κ1) is 21.4. The molecule has 0 amide bonds. The van der Waals surface area contributed by atoms with Crippen LogP contribution in [0.2, 0.25) is 0 Å². The molecule has 0 bridgehead atoms. The van der Waals surface area contributed by atoms with Gasteiger partial charge in [0.15, 0.2) is 0 Å². The van der Waals surface area contributed by atoms with Crippen molar-refractivity contribution in [3.8, 4) is 24.3 Å². The van der Waals surface area contributed by atoms with Gasteiger partial charge in [-0.2, -0.15) is 21.0 Å². The SMILES string of the molecule is N#CCc1c(C#N)cccc1C(=O)O.N#CCc1cccc(C(=O)O)c1C#N. The van der Waals surface area contributed by atoms with Crippen molar-refractivity contribution in [2.45, 2.75) is 12.8 Å². The monoisotopic (exact) mass is 372 g/mol. The highest BCUT2D eigenvalue weighted by Gasteiger charge is 2.13. The van der Waals surface area contributed by atoms with Crippen LogP contribution >= 0.6 is 0 Å². The highest BCUT2D eigenvalue weighted by molar-refractivity contribution is 5.91. The Morgan fingerprint density at radius 3 is 1.86 bits per heavy atom. The summed E-state index contributed by atoms with van der Waals surface area (Å²) in [5.74, 6) is -2.27. The lowest BCUT2D eigenvalue weighted by Gasteiger charge is -2.02. The Morgan fingerprint density at radius 2 is 1.36 bits per heavy atom. The number of rotatable bonds is 4. The van der Waals surface area contributed by atoms with Gasteiger partial charge in [-0.15, -0.1) is 0 Å². The van der Waals surface area contributed by atoms with Gasteiger partial charge in [0.2, 0.25) is 0 Å². The lowest BCUT2D eigenvalue weighted by Crippen LogP contribution is -2.03. The van der Waals surface area contributed by atoms with E-state index in [1.54, 1.807) is 12.1 Å². The molecule has 2 rings (SSSR count). The summed E-state index contributed by atoms with van der Waals surface area (Å²) >= 11 is 0. The number of nitriles is 4. The third-order valence-electron chi connectivity index (χ3n) is 3.55. The van der Waals surface area contributed by atoms with Gasteiger partial charge < -0.3 is 10.2 Å². The fourth-order valence-corrected chi connectivity index (χ4v) is 2.30. The average molecular weight is 372 g/mol. The Morgan fingerprint density at radius 1 is 0.786 bits per heavy atom. The Bertz CT molecular complexity index is 1080. The molecule has 0 unspecified atom stereocenters. The van der Waals surface area contributed by atoms with Crippen molar-refractivity contribution in [3.05, 3.63) is 69.8 Å². The van der Waals surface area contributed by atoms with E-state index >= 15 is 0 Å². The number of benzene rings is 2. The zero-order valence-corrected chi connectivity index (χ0v) is 14.4. The minimum absolute atomic E-state index is 0.0191. The zero-order valence-electron chi connectivity index (χ0n) is 14.4. The number of carbonyl (C=O) groups is 2. The molecule has 0 aliphatic heterocycles. The van der Waals surface area contributed by atoms with Gasteiger partial charge in [-0.3, -0.25) is 0 Å². The summed E-state index contributed by atoms with van der Waals surface area (Å²) in [5.41, 5.74) is 1.01. The maximum Gasteiger partial charge on any atom is 0.337 e. The molecule has 0 fully saturated rings. The number of carboxylic acids is 2. The summed E-state index contributed by atoms with van der Waals surface area (Å²) in [6.07, 6.45) is -0.0185. The molecule has 8 heteroatoms. The van der Waals surface area contributed by atoms with Crippen LogP contribution in [0.3, 0.4) is 0 Å². The third-order valence-corrected chi connectivity index (χ3v) is 3.55. The first-order valence-corrected chi connectivity index (χ1v) is 7.65. The maximum absolute atomic E-state index is 10.7. The average Bonchev–Trinajstić information content (AvgIpc) is 2.68. The van der Waals surface area contributed by atoms with Gasteiger partial charge in [0, 0.05) is 0 Å². The van der Waals surface area contributed by atoms with Gasteiger partial charge in [-0.25, -0.2) is 9.59 Å². The molecule has 0 atom stereocenters. The summed E-state index contributed by atoms with van der Waals surface area (Å²) in [4.78, 5) is 21.4. The number of aromatic carboxylic acids is 2. The molecule has 0 spiro atoms. The van der Waals surface area contributed by atoms with Crippen molar-refractivity contribution < 1.29 is 19.8 Å². The van der Waals surface area contributed by atoms with E-state index in [4.69, 9.17) is 31.3 Å². The molecule has 28 heavy (non-hydrogen) atoms. The molecule has 0 aliphatic rings. The van der Waals surface area contributed by atoms with Crippen molar-refractivity contribution in [3.63, 3.8) is 0 Å². The molecule has 0 aliphatic carbocycles. The van der Waals surface area contributed by atoms with Crippen LogP contribution in [0.25, 0.3) is 0 Å². The summed E-state index contributed by atoms with van der Waals surface area (Å²) in [5, 5.41) is 52.0. The van der Waals surface area contributed by atoms with Crippen molar-refractivity contribution in [1.82, 2.24) is 0 Å². The quantitative estimate of drug-likeness (QED) is 0.824. The number of hydrogen-bond donors (Lipinski definition) is 2. The van der Waals surface area contributed by atoms with Crippen LogP contribution in [0.4, 0.5) is 0 Å². The molecule has 0 saturated carbocycles. The van der Waals surface area contributed by atoms with E-state index in [2.05, 4.69) is 0 Å². The first-order chi connectivity index (χ1) is 13.4. The van der Waals surface area contributed by atoms with Gasteiger partial charge in [-0.05, 0) is 29.3 Å². The molecule has 0 heterocycles. The van der Waals surface area contributed by atoms with E-state index in [-0.39, 0.29) is 40.7 Å². The first-order valence-electron chi connectivity index (χ1n) is 7.65. The smallest absolute Gasteiger partial charge is 0.337 e. The van der Waals surface area contributed by atoms with Crippen LogP contribution < -0.4 is 0 Å². The van der Waals surface area contributed by atoms with E-state index < -0.39 is 11.9 Å². The lowest BCUT2D eigenvalue weighted by molar-refractivity contribution is 0.0685. The highest BCUT2D eigenvalue weighted by Crippen LogP contribution is 2.15. The molecule has 2 aromatic rings. The zero-order chi connectivity index (χ0) is 21.1. The van der Waals surface area contributed by atoms with Gasteiger partial charge >= 0.3 is 11.9 Å². The molecular formula is C20H12N4O4. The van der Waals surface area contributed by atoms with Crippen LogP contribution in [0, 0.1) is 45.3 Å². The summed E-state index contributed by atoms with van der Waals surface area (Å²) in [7, 11) is 0. The molecular weight excluding hydrogens is 360 g/mol. The molecule has 2 N–H and O–H groups in total. The molecule has 0 radical (unpaired) electrons. The van der Waals surface area contributed by atoms with E-state index in [0.717, 1.165) is 0 Å². The second-order valence-electron chi connectivity index (χ2n) is 5.18. The largest absolute Gasteiger partial charge is 0.478 e. The highest BCUT2D eigenvalue weighted by atomic mass is 16.4. The van der Waals surface area contributed by atoms with E-state index in [0.29, 0.717) is 5.56 Å². The normalized spacial score (nSPS) is 8.71. The molecule has 0 saturated heterocycles. The lowest BCUT2D eigenvalue weighted by atomic mass is 9.99. The Kier molecular flexibility index (Phi) is 7.91. The molecule has 2 aromatic carbocycles. The number of hydrogen-bond acceptors (Lipinski definition) is 6. The van der Waals surface area contributed by atoms with Crippen LogP contribution in [0.1, 0.15) is 43.0 Å². The Hall–Kier alpha value is -4.66. The standard InChI is InChI=1S/2C10H6N2O2/c11-5-4-8-7(6-12)2-1-3-9(8)10(13)14;11-5-4-7-2-1-3-8(10(13)14)9(7)6-12/h2*1-3H,4H2,(H,13,14). The van der Waals surface area contributed by atoms with Gasteiger partial charge in [-0.1, -0.05) is 18.2 Å². The second-order valence-corrected chi connectivity index (χ2v) is 5.18. The van der Waals surface area contributed by atoms with Crippen molar-refractivity contribution >= 4 is 11.9 Å². The summed E-state index contributed by atoms with van der Waals surface area (Å²) in [6.45, 7) is 0. The molecule has 0 aromatic heterocycles. The fourth-order valence-electron chi connectivity index (χ4n) is 2.30. The third kappa shape index (κ3) is 5.17. The van der Waals surface area contributed by atoms with E-state index in [1.807, 2.05) is 18.2 Å². The van der Waals surface area contributed by atoms with Gasteiger partial charge in [0.05, 0.1) is 53.3 Å². The predicted molar refractivity (Wildman–Crippen MR) is 94.9 cm³/mol. The van der Waals surface area contributed by atoms with Crippen LogP contribution in [0.5, 0.6) is 0 Å². The van der Waals surface area contributed by atoms with Gasteiger partial charge in [0.1, 0.15) is 6.07 Å². The van der Waals surface area contributed by atoms with E-state index in [1.165, 1.54) is 30.3 Å². The molecule has 8 nitrogen and oxygen atoms in total. The number of carboxylic acid groups (broad SMARTS) is 2. The van der Waals surface area contributed by atoms with Crippen molar-refractivity contribution in [1.29, 1.82) is 21.0 Å². The minimum Gasteiger partial charge on any atom is -0.478 e. The Labute approximate surface area is 160 Å². The number of nitrogens with zero attached hydrogens (tertiary/aromatic N) is 4. The maximum atomic E-state index is 10.7. The predicted octanol–water partition coefficient (Wildman–Crippen LogP) is 2.65. The van der Waals surface area contributed by atoms with Crippen LogP contribution in [-0.4, -0.2) is 22.2 Å². The minimum atomic E-state index is -1.15.